The normalized spacial score (nSPS) is 13.4. The van der Waals surface area contributed by atoms with Crippen molar-refractivity contribution in [2.24, 2.45) is 0 Å². The number of nitrogens with zero attached hydrogens (tertiary/aromatic N) is 2. The lowest BCUT2D eigenvalue weighted by Gasteiger charge is -2.34. The third-order valence-corrected chi connectivity index (χ3v) is 5.51. The first-order valence-electron chi connectivity index (χ1n) is 9.97. The van der Waals surface area contributed by atoms with E-state index >= 15 is 0 Å². The predicted octanol–water partition coefficient (Wildman–Crippen LogP) is 1.82. The van der Waals surface area contributed by atoms with E-state index in [0.717, 1.165) is 0 Å². The van der Waals surface area contributed by atoms with Gasteiger partial charge < -0.3 is 20.4 Å². The number of hydrogen-bond donors (Lipinski definition) is 2. The SMILES string of the molecule is O=C(CNC(=O)c1ccc(Cl)cc1Cl)NCC(=O)N1CCN(C(=O)c2ccccc2)CC1. The van der Waals surface area contributed by atoms with Gasteiger partial charge in [-0.15, -0.1) is 0 Å². The monoisotopic (exact) mass is 476 g/mol. The number of amides is 4. The van der Waals surface area contributed by atoms with Gasteiger partial charge in [0.15, 0.2) is 0 Å². The van der Waals surface area contributed by atoms with Gasteiger partial charge in [-0.25, -0.2) is 0 Å². The van der Waals surface area contributed by atoms with E-state index in [-0.39, 0.29) is 35.5 Å². The zero-order valence-electron chi connectivity index (χ0n) is 17.1. The molecule has 3 rings (SSSR count). The fourth-order valence-corrected chi connectivity index (χ4v) is 3.69. The second-order valence-electron chi connectivity index (χ2n) is 7.12. The molecule has 0 aromatic heterocycles. The summed E-state index contributed by atoms with van der Waals surface area (Å²) < 4.78 is 0. The Labute approximate surface area is 195 Å². The Balaban J connectivity index is 1.39. The highest BCUT2D eigenvalue weighted by molar-refractivity contribution is 6.36. The lowest BCUT2D eigenvalue weighted by atomic mass is 10.2. The second-order valence-corrected chi connectivity index (χ2v) is 7.97. The number of nitrogens with one attached hydrogen (secondary N) is 2. The summed E-state index contributed by atoms with van der Waals surface area (Å²) >= 11 is 11.8. The average Bonchev–Trinajstić information content (AvgIpc) is 2.81. The number of piperazine rings is 1. The van der Waals surface area contributed by atoms with Crippen LogP contribution in [0.25, 0.3) is 0 Å². The molecule has 4 amide bonds. The van der Waals surface area contributed by atoms with Gasteiger partial charge in [0, 0.05) is 36.8 Å². The molecule has 0 atom stereocenters. The topological polar surface area (TPSA) is 98.8 Å². The Morgan fingerprint density at radius 1 is 0.812 bits per heavy atom. The van der Waals surface area contributed by atoms with Crippen LogP contribution in [0.4, 0.5) is 0 Å². The predicted molar refractivity (Wildman–Crippen MR) is 121 cm³/mol. The van der Waals surface area contributed by atoms with E-state index in [1.807, 2.05) is 18.2 Å². The molecule has 0 bridgehead atoms. The molecule has 2 aromatic rings. The van der Waals surface area contributed by atoms with E-state index in [4.69, 9.17) is 23.2 Å². The molecule has 0 aliphatic carbocycles. The zero-order valence-corrected chi connectivity index (χ0v) is 18.7. The van der Waals surface area contributed by atoms with Crippen LogP contribution in [0.5, 0.6) is 0 Å². The van der Waals surface area contributed by atoms with Crippen LogP contribution in [0.2, 0.25) is 10.0 Å². The Hall–Kier alpha value is -3.10. The number of halogens is 2. The first-order chi connectivity index (χ1) is 15.3. The highest BCUT2D eigenvalue weighted by Gasteiger charge is 2.25. The number of carbonyl (C=O) groups is 4. The molecule has 8 nitrogen and oxygen atoms in total. The highest BCUT2D eigenvalue weighted by atomic mass is 35.5. The second kappa shape index (κ2) is 11.0. The van der Waals surface area contributed by atoms with Crippen molar-refractivity contribution in [1.82, 2.24) is 20.4 Å². The maximum atomic E-state index is 12.5. The molecule has 168 valence electrons. The average molecular weight is 477 g/mol. The molecule has 32 heavy (non-hydrogen) atoms. The molecule has 0 unspecified atom stereocenters. The van der Waals surface area contributed by atoms with Crippen molar-refractivity contribution < 1.29 is 19.2 Å². The summed E-state index contributed by atoms with van der Waals surface area (Å²) in [5.74, 6) is -1.35. The van der Waals surface area contributed by atoms with Gasteiger partial charge in [-0.3, -0.25) is 19.2 Å². The van der Waals surface area contributed by atoms with Crippen molar-refractivity contribution in [3.63, 3.8) is 0 Å². The molecule has 1 heterocycles. The molecule has 0 saturated carbocycles. The number of benzene rings is 2. The summed E-state index contributed by atoms with van der Waals surface area (Å²) in [5.41, 5.74) is 0.810. The van der Waals surface area contributed by atoms with Gasteiger partial charge in [0.1, 0.15) is 0 Å². The quantitative estimate of drug-likeness (QED) is 0.664. The smallest absolute Gasteiger partial charge is 0.253 e. The summed E-state index contributed by atoms with van der Waals surface area (Å²) in [5, 5.41) is 5.51. The van der Waals surface area contributed by atoms with E-state index in [0.29, 0.717) is 36.8 Å². The molecular formula is C22H22Cl2N4O4. The van der Waals surface area contributed by atoms with Crippen LogP contribution in [0, 0.1) is 0 Å². The lowest BCUT2D eigenvalue weighted by Crippen LogP contribution is -2.53. The summed E-state index contributed by atoms with van der Waals surface area (Å²) in [6.45, 7) is 1.13. The molecule has 2 aromatic carbocycles. The highest BCUT2D eigenvalue weighted by Crippen LogP contribution is 2.20. The fourth-order valence-electron chi connectivity index (χ4n) is 3.20. The first-order valence-corrected chi connectivity index (χ1v) is 10.7. The third-order valence-electron chi connectivity index (χ3n) is 4.96. The van der Waals surface area contributed by atoms with Gasteiger partial charge in [-0.2, -0.15) is 0 Å². The molecule has 1 aliphatic rings. The number of carbonyl (C=O) groups excluding carboxylic acids is 4. The maximum Gasteiger partial charge on any atom is 0.253 e. The Morgan fingerprint density at radius 3 is 2.12 bits per heavy atom. The molecule has 10 heteroatoms. The van der Waals surface area contributed by atoms with Crippen molar-refractivity contribution in [1.29, 1.82) is 0 Å². The van der Waals surface area contributed by atoms with Crippen LogP contribution in [0.15, 0.2) is 48.5 Å². The van der Waals surface area contributed by atoms with E-state index in [2.05, 4.69) is 10.6 Å². The van der Waals surface area contributed by atoms with Crippen LogP contribution in [-0.4, -0.2) is 72.7 Å². The van der Waals surface area contributed by atoms with Crippen molar-refractivity contribution >= 4 is 46.8 Å². The minimum absolute atomic E-state index is 0.0671. The fraction of sp³-hybridized carbons (Fsp3) is 0.273. The molecule has 0 radical (unpaired) electrons. The third kappa shape index (κ3) is 6.21. The van der Waals surface area contributed by atoms with E-state index < -0.39 is 11.8 Å². The van der Waals surface area contributed by atoms with Gasteiger partial charge in [0.2, 0.25) is 11.8 Å². The standard InChI is InChI=1S/C22H22Cl2N4O4/c23-16-6-7-17(18(24)12-16)21(31)26-13-19(29)25-14-20(30)27-8-10-28(11-9-27)22(32)15-4-2-1-3-5-15/h1-7,12H,8-11,13-14H2,(H,25,29)(H,26,31). The van der Waals surface area contributed by atoms with Crippen LogP contribution >= 0.6 is 23.2 Å². The summed E-state index contributed by atoms with van der Waals surface area (Å²) in [7, 11) is 0. The molecule has 1 fully saturated rings. The Kier molecular flexibility index (Phi) is 8.08. The van der Waals surface area contributed by atoms with Crippen LogP contribution in [-0.2, 0) is 9.59 Å². The van der Waals surface area contributed by atoms with Crippen molar-refractivity contribution in [2.75, 3.05) is 39.3 Å². The zero-order chi connectivity index (χ0) is 23.1. The molecule has 0 spiro atoms. The minimum Gasteiger partial charge on any atom is -0.345 e. The first kappa shape index (κ1) is 23.6. The molecular weight excluding hydrogens is 455 g/mol. The molecule has 1 aliphatic heterocycles. The van der Waals surface area contributed by atoms with Crippen molar-refractivity contribution in [2.45, 2.75) is 0 Å². The Bertz CT molecular complexity index is 1010. The summed E-state index contributed by atoms with van der Waals surface area (Å²) in [6.07, 6.45) is 0. The van der Waals surface area contributed by atoms with Crippen LogP contribution in [0.3, 0.4) is 0 Å². The van der Waals surface area contributed by atoms with Gasteiger partial charge in [0.25, 0.3) is 11.8 Å². The van der Waals surface area contributed by atoms with E-state index in [1.165, 1.54) is 18.2 Å². The van der Waals surface area contributed by atoms with Gasteiger partial charge in [0.05, 0.1) is 23.7 Å². The van der Waals surface area contributed by atoms with E-state index in [1.54, 1.807) is 21.9 Å². The van der Waals surface area contributed by atoms with E-state index in [9.17, 15) is 19.2 Å². The maximum absolute atomic E-state index is 12.5. The lowest BCUT2D eigenvalue weighted by molar-refractivity contribution is -0.133. The number of hydrogen-bond acceptors (Lipinski definition) is 4. The van der Waals surface area contributed by atoms with Gasteiger partial charge in [-0.1, -0.05) is 41.4 Å². The van der Waals surface area contributed by atoms with Gasteiger partial charge in [-0.05, 0) is 30.3 Å². The summed E-state index contributed by atoms with van der Waals surface area (Å²) in [6, 6.07) is 13.4. The Morgan fingerprint density at radius 2 is 1.47 bits per heavy atom. The molecule has 1 saturated heterocycles. The van der Waals surface area contributed by atoms with Crippen LogP contribution < -0.4 is 10.6 Å². The summed E-state index contributed by atoms with van der Waals surface area (Å²) in [4.78, 5) is 52.3. The number of rotatable bonds is 6. The minimum atomic E-state index is -0.521. The van der Waals surface area contributed by atoms with Crippen molar-refractivity contribution in [3.8, 4) is 0 Å². The van der Waals surface area contributed by atoms with Gasteiger partial charge >= 0.3 is 0 Å². The van der Waals surface area contributed by atoms with Crippen LogP contribution in [0.1, 0.15) is 20.7 Å². The molecule has 2 N–H and O–H groups in total. The largest absolute Gasteiger partial charge is 0.345 e. The van der Waals surface area contributed by atoms with Crippen molar-refractivity contribution in [3.05, 3.63) is 69.7 Å².